The van der Waals surface area contributed by atoms with Crippen LogP contribution in [0.2, 0.25) is 0 Å². The standard InChI is InChI=1S/C26H29N3O3/c1-19-17-22(20(2)29(19)18-24-9-6-16-32-24)10-11-25(30)28-14-12-21(13-15-28)26(31)27-23-7-4-3-5-8-23/h3-11,16-17,21H,12-15,18H2,1-2H3,(H,27,31). The molecule has 166 valence electrons. The van der Waals surface area contributed by atoms with Gasteiger partial charge < -0.3 is 19.2 Å². The van der Waals surface area contributed by atoms with Crippen molar-refractivity contribution in [1.82, 2.24) is 9.47 Å². The molecule has 1 aromatic carbocycles. The molecule has 0 bridgehead atoms. The van der Waals surface area contributed by atoms with Crippen molar-refractivity contribution in [3.63, 3.8) is 0 Å². The van der Waals surface area contributed by atoms with E-state index in [0.717, 1.165) is 28.4 Å². The summed E-state index contributed by atoms with van der Waals surface area (Å²) in [5.41, 5.74) is 4.05. The highest BCUT2D eigenvalue weighted by molar-refractivity contribution is 5.94. The van der Waals surface area contributed by atoms with Crippen molar-refractivity contribution in [1.29, 1.82) is 0 Å². The minimum atomic E-state index is -0.0660. The van der Waals surface area contributed by atoms with Crippen molar-refractivity contribution < 1.29 is 14.0 Å². The molecule has 3 aromatic rings. The lowest BCUT2D eigenvalue weighted by molar-refractivity contribution is -0.130. The first kappa shape index (κ1) is 21.7. The molecular formula is C26H29N3O3. The number of anilines is 1. The largest absolute Gasteiger partial charge is 0.467 e. The van der Waals surface area contributed by atoms with E-state index in [1.165, 1.54) is 0 Å². The zero-order chi connectivity index (χ0) is 22.5. The minimum absolute atomic E-state index is 0.0113. The Morgan fingerprint density at radius 3 is 2.53 bits per heavy atom. The average molecular weight is 432 g/mol. The van der Waals surface area contributed by atoms with Gasteiger partial charge in [0.2, 0.25) is 11.8 Å². The van der Waals surface area contributed by atoms with Crippen molar-refractivity contribution in [2.75, 3.05) is 18.4 Å². The molecule has 3 heterocycles. The molecule has 1 fully saturated rings. The fraction of sp³-hybridized carbons (Fsp3) is 0.308. The highest BCUT2D eigenvalue weighted by Crippen LogP contribution is 2.21. The number of nitrogens with zero attached hydrogens (tertiary/aromatic N) is 2. The van der Waals surface area contributed by atoms with Gasteiger partial charge in [0.25, 0.3) is 0 Å². The van der Waals surface area contributed by atoms with Gasteiger partial charge in [0.15, 0.2) is 0 Å². The Kier molecular flexibility index (Phi) is 6.59. The van der Waals surface area contributed by atoms with Gasteiger partial charge in [-0.1, -0.05) is 18.2 Å². The maximum Gasteiger partial charge on any atom is 0.246 e. The van der Waals surface area contributed by atoms with E-state index in [1.807, 2.05) is 53.4 Å². The van der Waals surface area contributed by atoms with E-state index in [-0.39, 0.29) is 17.7 Å². The third-order valence-corrected chi connectivity index (χ3v) is 6.13. The van der Waals surface area contributed by atoms with Crippen molar-refractivity contribution >= 4 is 23.6 Å². The molecule has 0 saturated carbocycles. The quantitative estimate of drug-likeness (QED) is 0.579. The number of furan rings is 1. The molecule has 2 amide bonds. The summed E-state index contributed by atoms with van der Waals surface area (Å²) >= 11 is 0. The molecule has 6 nitrogen and oxygen atoms in total. The third kappa shape index (κ3) is 5.02. The van der Waals surface area contributed by atoms with Crippen LogP contribution in [-0.2, 0) is 16.1 Å². The lowest BCUT2D eigenvalue weighted by atomic mass is 9.95. The van der Waals surface area contributed by atoms with Gasteiger partial charge in [-0.15, -0.1) is 0 Å². The van der Waals surface area contributed by atoms with Gasteiger partial charge >= 0.3 is 0 Å². The molecule has 0 aliphatic carbocycles. The SMILES string of the molecule is Cc1cc(C=CC(=O)N2CCC(C(=O)Nc3ccccc3)CC2)c(C)n1Cc1ccco1. The highest BCUT2D eigenvalue weighted by Gasteiger charge is 2.26. The first-order valence-corrected chi connectivity index (χ1v) is 11.0. The maximum atomic E-state index is 12.7. The van der Waals surface area contributed by atoms with Gasteiger partial charge in [-0.05, 0) is 68.7 Å². The zero-order valence-corrected chi connectivity index (χ0v) is 18.6. The lowest BCUT2D eigenvalue weighted by Crippen LogP contribution is -2.40. The molecule has 0 unspecified atom stereocenters. The second-order valence-corrected chi connectivity index (χ2v) is 8.28. The number of para-hydroxylation sites is 1. The van der Waals surface area contributed by atoms with Gasteiger partial charge in [0.05, 0.1) is 12.8 Å². The van der Waals surface area contributed by atoms with Crippen LogP contribution in [0.4, 0.5) is 5.69 Å². The molecule has 32 heavy (non-hydrogen) atoms. The van der Waals surface area contributed by atoms with Crippen LogP contribution in [0.25, 0.3) is 6.08 Å². The van der Waals surface area contributed by atoms with Crippen LogP contribution >= 0.6 is 0 Å². The van der Waals surface area contributed by atoms with E-state index in [2.05, 4.69) is 29.8 Å². The van der Waals surface area contributed by atoms with Crippen LogP contribution in [0.5, 0.6) is 0 Å². The first-order valence-electron chi connectivity index (χ1n) is 11.0. The summed E-state index contributed by atoms with van der Waals surface area (Å²) in [4.78, 5) is 27.0. The Morgan fingerprint density at radius 1 is 1.09 bits per heavy atom. The lowest BCUT2D eigenvalue weighted by Gasteiger charge is -2.30. The predicted octanol–water partition coefficient (Wildman–Crippen LogP) is 4.64. The smallest absolute Gasteiger partial charge is 0.246 e. The number of benzene rings is 1. The molecule has 1 aliphatic rings. The molecule has 2 aromatic heterocycles. The molecule has 0 radical (unpaired) electrons. The Hall–Kier alpha value is -3.54. The number of hydrogen-bond acceptors (Lipinski definition) is 3. The van der Waals surface area contributed by atoms with Gasteiger partial charge in [0, 0.05) is 42.2 Å². The Morgan fingerprint density at radius 2 is 1.84 bits per heavy atom. The first-order chi connectivity index (χ1) is 15.5. The molecule has 0 spiro atoms. The van der Waals surface area contributed by atoms with E-state index >= 15 is 0 Å². The van der Waals surface area contributed by atoms with Crippen LogP contribution < -0.4 is 5.32 Å². The molecule has 0 atom stereocenters. The molecule has 4 rings (SSSR count). The number of carbonyl (C=O) groups excluding carboxylic acids is 2. The van der Waals surface area contributed by atoms with Crippen LogP contribution in [0.1, 0.15) is 35.6 Å². The number of aromatic nitrogens is 1. The number of hydrogen-bond donors (Lipinski definition) is 1. The summed E-state index contributed by atoms with van der Waals surface area (Å²) in [7, 11) is 0. The maximum absolute atomic E-state index is 12.7. The summed E-state index contributed by atoms with van der Waals surface area (Å²) in [6.45, 7) is 5.96. The van der Waals surface area contributed by atoms with Crippen molar-refractivity contribution in [3.8, 4) is 0 Å². The van der Waals surface area contributed by atoms with E-state index in [1.54, 1.807) is 12.3 Å². The molecule has 6 heteroatoms. The summed E-state index contributed by atoms with van der Waals surface area (Å²) in [5, 5.41) is 2.97. The Bertz CT molecular complexity index is 1090. The van der Waals surface area contributed by atoms with E-state index in [4.69, 9.17) is 4.42 Å². The van der Waals surface area contributed by atoms with Crippen molar-refractivity contribution in [2.24, 2.45) is 5.92 Å². The van der Waals surface area contributed by atoms with Gasteiger partial charge in [-0.25, -0.2) is 0 Å². The molecular weight excluding hydrogens is 402 g/mol. The number of likely N-dealkylation sites (tertiary alicyclic amines) is 1. The van der Waals surface area contributed by atoms with Crippen LogP contribution in [0.3, 0.4) is 0 Å². The second kappa shape index (κ2) is 9.73. The summed E-state index contributed by atoms with van der Waals surface area (Å²) < 4.78 is 7.65. The fourth-order valence-corrected chi connectivity index (χ4v) is 4.19. The minimum Gasteiger partial charge on any atom is -0.467 e. The molecule has 1 saturated heterocycles. The number of aryl methyl sites for hydroxylation is 1. The van der Waals surface area contributed by atoms with Gasteiger partial charge in [-0.2, -0.15) is 0 Å². The zero-order valence-electron chi connectivity index (χ0n) is 18.6. The van der Waals surface area contributed by atoms with Crippen LogP contribution in [0.15, 0.2) is 65.3 Å². The molecule has 1 N–H and O–H groups in total. The highest BCUT2D eigenvalue weighted by atomic mass is 16.3. The Labute approximate surface area is 188 Å². The second-order valence-electron chi connectivity index (χ2n) is 8.28. The van der Waals surface area contributed by atoms with E-state index in [9.17, 15) is 9.59 Å². The number of nitrogens with one attached hydrogen (secondary N) is 1. The monoisotopic (exact) mass is 431 g/mol. The average Bonchev–Trinajstić information content (AvgIpc) is 3.42. The fourth-order valence-electron chi connectivity index (χ4n) is 4.19. The van der Waals surface area contributed by atoms with Gasteiger partial charge in [0.1, 0.15) is 5.76 Å². The summed E-state index contributed by atoms with van der Waals surface area (Å²) in [5.74, 6) is 0.854. The topological polar surface area (TPSA) is 67.5 Å². The van der Waals surface area contributed by atoms with Crippen molar-refractivity contribution in [3.05, 3.63) is 83.6 Å². The Balaban J connectivity index is 1.32. The third-order valence-electron chi connectivity index (χ3n) is 6.13. The van der Waals surface area contributed by atoms with Crippen LogP contribution in [-0.4, -0.2) is 34.4 Å². The molecule has 1 aliphatic heterocycles. The van der Waals surface area contributed by atoms with E-state index < -0.39 is 0 Å². The number of rotatable bonds is 6. The van der Waals surface area contributed by atoms with Crippen molar-refractivity contribution in [2.45, 2.75) is 33.2 Å². The normalized spacial score (nSPS) is 14.8. The van der Waals surface area contributed by atoms with Crippen LogP contribution in [0, 0.1) is 19.8 Å². The summed E-state index contributed by atoms with van der Waals surface area (Å²) in [6, 6.07) is 15.4. The number of carbonyl (C=O) groups is 2. The number of amides is 2. The number of piperidine rings is 1. The summed E-state index contributed by atoms with van der Waals surface area (Å²) in [6.07, 6.45) is 6.56. The van der Waals surface area contributed by atoms with E-state index in [0.29, 0.717) is 32.5 Å². The van der Waals surface area contributed by atoms with Gasteiger partial charge in [-0.3, -0.25) is 9.59 Å². The predicted molar refractivity (Wildman–Crippen MR) is 125 cm³/mol.